The van der Waals surface area contributed by atoms with Gasteiger partial charge in [0, 0.05) is 6.54 Å². The van der Waals surface area contributed by atoms with Gasteiger partial charge in [-0.05, 0) is 36.2 Å². The van der Waals surface area contributed by atoms with E-state index in [-0.39, 0.29) is 22.8 Å². The van der Waals surface area contributed by atoms with Crippen molar-refractivity contribution in [1.29, 1.82) is 0 Å². The maximum atomic E-state index is 11.9. The molecule has 4 N–H and O–H groups in total. The summed E-state index contributed by atoms with van der Waals surface area (Å²) in [7, 11) is 0. The zero-order chi connectivity index (χ0) is 14.5. The molecule has 0 heterocycles. The van der Waals surface area contributed by atoms with E-state index in [4.69, 9.17) is 5.11 Å². The van der Waals surface area contributed by atoms with E-state index in [9.17, 15) is 15.0 Å². The molecule has 2 aromatic carbocycles. The molecule has 0 unspecified atom stereocenters. The fourth-order valence-corrected chi connectivity index (χ4v) is 1.83. The second kappa shape index (κ2) is 5.97. The Kier molecular flexibility index (Phi) is 4.10. The molecule has 2 aromatic rings. The van der Waals surface area contributed by atoms with E-state index in [1.54, 1.807) is 24.3 Å². The van der Waals surface area contributed by atoms with Gasteiger partial charge < -0.3 is 20.6 Å². The van der Waals surface area contributed by atoms with Crippen LogP contribution in [0.3, 0.4) is 0 Å². The molecule has 0 fully saturated rings. The number of phenolic OH excluding ortho intramolecular Hbond substituents is 3. The van der Waals surface area contributed by atoms with Gasteiger partial charge >= 0.3 is 0 Å². The van der Waals surface area contributed by atoms with Crippen LogP contribution in [0.4, 0.5) is 0 Å². The molecule has 5 heteroatoms. The number of rotatable bonds is 4. The lowest BCUT2D eigenvalue weighted by Gasteiger charge is -2.08. The van der Waals surface area contributed by atoms with Crippen LogP contribution in [0, 0.1) is 0 Å². The molecule has 0 saturated heterocycles. The first kappa shape index (κ1) is 13.7. The fourth-order valence-electron chi connectivity index (χ4n) is 1.83. The van der Waals surface area contributed by atoms with E-state index in [0.29, 0.717) is 13.0 Å². The van der Waals surface area contributed by atoms with Gasteiger partial charge in [0.1, 0.15) is 22.8 Å². The summed E-state index contributed by atoms with van der Waals surface area (Å²) in [6.45, 7) is 0.359. The lowest BCUT2D eigenvalue weighted by atomic mass is 10.1. The highest BCUT2D eigenvalue weighted by molar-refractivity contribution is 5.99. The second-order valence-corrected chi connectivity index (χ2v) is 4.34. The summed E-state index contributed by atoms with van der Waals surface area (Å²) in [5.41, 5.74) is 0.836. The van der Waals surface area contributed by atoms with Crippen LogP contribution < -0.4 is 5.32 Å². The van der Waals surface area contributed by atoms with Gasteiger partial charge in [0.2, 0.25) is 0 Å². The molecule has 0 aliphatic carbocycles. The Morgan fingerprint density at radius 2 is 1.55 bits per heavy atom. The van der Waals surface area contributed by atoms with Crippen LogP contribution in [0.2, 0.25) is 0 Å². The summed E-state index contributed by atoms with van der Waals surface area (Å²) >= 11 is 0. The highest BCUT2D eigenvalue weighted by Crippen LogP contribution is 2.25. The van der Waals surface area contributed by atoms with Crippen LogP contribution in [-0.2, 0) is 6.42 Å². The van der Waals surface area contributed by atoms with Crippen LogP contribution in [0.15, 0.2) is 42.5 Å². The average Bonchev–Trinajstić information content (AvgIpc) is 2.41. The van der Waals surface area contributed by atoms with Crippen molar-refractivity contribution in [1.82, 2.24) is 5.32 Å². The first-order chi connectivity index (χ1) is 9.58. The first-order valence-corrected chi connectivity index (χ1v) is 6.15. The predicted molar refractivity (Wildman–Crippen MR) is 73.9 cm³/mol. The zero-order valence-corrected chi connectivity index (χ0v) is 10.7. The van der Waals surface area contributed by atoms with Crippen molar-refractivity contribution in [3.05, 3.63) is 53.6 Å². The Balaban J connectivity index is 1.94. The number of phenols is 3. The molecule has 20 heavy (non-hydrogen) atoms. The van der Waals surface area contributed by atoms with E-state index in [2.05, 4.69) is 5.32 Å². The van der Waals surface area contributed by atoms with E-state index < -0.39 is 5.91 Å². The molecular weight excluding hydrogens is 258 g/mol. The van der Waals surface area contributed by atoms with Gasteiger partial charge in [0.15, 0.2) is 0 Å². The molecule has 5 nitrogen and oxygen atoms in total. The lowest BCUT2D eigenvalue weighted by molar-refractivity contribution is 0.0948. The normalized spacial score (nSPS) is 10.2. The summed E-state index contributed by atoms with van der Waals surface area (Å²) < 4.78 is 0. The van der Waals surface area contributed by atoms with E-state index in [0.717, 1.165) is 5.56 Å². The number of nitrogens with one attached hydrogen (secondary N) is 1. The number of amides is 1. The highest BCUT2D eigenvalue weighted by Gasteiger charge is 2.15. The van der Waals surface area contributed by atoms with Crippen molar-refractivity contribution < 1.29 is 20.1 Å². The number of aromatic hydroxyl groups is 3. The van der Waals surface area contributed by atoms with E-state index in [1.807, 2.05) is 0 Å². The van der Waals surface area contributed by atoms with Gasteiger partial charge in [0.25, 0.3) is 5.91 Å². The first-order valence-electron chi connectivity index (χ1n) is 6.15. The summed E-state index contributed by atoms with van der Waals surface area (Å²) in [6.07, 6.45) is 0.584. The average molecular weight is 273 g/mol. The summed E-state index contributed by atoms with van der Waals surface area (Å²) in [6, 6.07) is 10.8. The van der Waals surface area contributed by atoms with Crippen LogP contribution in [0.25, 0.3) is 0 Å². The monoisotopic (exact) mass is 273 g/mol. The minimum Gasteiger partial charge on any atom is -0.508 e. The van der Waals surface area contributed by atoms with Gasteiger partial charge in [-0.25, -0.2) is 0 Å². The van der Waals surface area contributed by atoms with Crippen LogP contribution in [-0.4, -0.2) is 27.8 Å². The second-order valence-electron chi connectivity index (χ2n) is 4.34. The molecule has 0 saturated carbocycles. The molecule has 1 amide bonds. The molecule has 0 aromatic heterocycles. The Morgan fingerprint density at radius 1 is 0.950 bits per heavy atom. The minimum absolute atomic E-state index is 0.127. The van der Waals surface area contributed by atoms with Gasteiger partial charge in [-0.3, -0.25) is 4.79 Å². The third-order valence-electron chi connectivity index (χ3n) is 2.88. The third-order valence-corrected chi connectivity index (χ3v) is 2.88. The summed E-state index contributed by atoms with van der Waals surface area (Å²) in [5.74, 6) is -0.851. The molecular formula is C15H15NO4. The molecule has 2 rings (SSSR count). The molecule has 0 bridgehead atoms. The summed E-state index contributed by atoms with van der Waals surface area (Å²) in [5, 5.41) is 30.9. The van der Waals surface area contributed by atoms with Crippen molar-refractivity contribution in [2.45, 2.75) is 6.42 Å². The van der Waals surface area contributed by atoms with Crippen LogP contribution in [0.1, 0.15) is 15.9 Å². The predicted octanol–water partition coefficient (Wildman–Crippen LogP) is 1.78. The number of hydrogen-bond donors (Lipinski definition) is 4. The number of carbonyl (C=O) groups excluding carboxylic acids is 1. The maximum Gasteiger partial charge on any atom is 0.258 e. The number of hydrogen-bond acceptors (Lipinski definition) is 4. The Bertz CT molecular complexity index is 588. The summed E-state index contributed by atoms with van der Waals surface area (Å²) in [4.78, 5) is 11.9. The van der Waals surface area contributed by atoms with Gasteiger partial charge in [-0.2, -0.15) is 0 Å². The molecule has 0 aliphatic rings. The largest absolute Gasteiger partial charge is 0.508 e. The van der Waals surface area contributed by atoms with E-state index in [1.165, 1.54) is 18.2 Å². The molecule has 0 radical (unpaired) electrons. The Hall–Kier alpha value is -2.69. The number of carbonyl (C=O) groups is 1. The third kappa shape index (κ3) is 3.20. The smallest absolute Gasteiger partial charge is 0.258 e. The quantitative estimate of drug-likeness (QED) is 0.683. The van der Waals surface area contributed by atoms with Crippen molar-refractivity contribution in [2.75, 3.05) is 6.54 Å². The fraction of sp³-hybridized carbons (Fsp3) is 0.133. The maximum absolute atomic E-state index is 11.9. The standard InChI is InChI=1S/C15H15NO4/c17-11-6-4-10(5-7-11)8-9-16-15(20)14-12(18)2-1-3-13(14)19/h1-7,17-19H,8-9H2,(H,16,20). The number of benzene rings is 2. The molecule has 104 valence electrons. The molecule has 0 aliphatic heterocycles. The van der Waals surface area contributed by atoms with Gasteiger partial charge in [-0.1, -0.05) is 18.2 Å². The van der Waals surface area contributed by atoms with Crippen molar-refractivity contribution >= 4 is 5.91 Å². The van der Waals surface area contributed by atoms with Crippen molar-refractivity contribution in [3.63, 3.8) is 0 Å². The van der Waals surface area contributed by atoms with E-state index >= 15 is 0 Å². The molecule has 0 spiro atoms. The van der Waals surface area contributed by atoms with Crippen molar-refractivity contribution in [2.24, 2.45) is 0 Å². The van der Waals surface area contributed by atoms with Gasteiger partial charge in [0.05, 0.1) is 0 Å². The van der Waals surface area contributed by atoms with Gasteiger partial charge in [-0.15, -0.1) is 0 Å². The molecule has 0 atom stereocenters. The lowest BCUT2D eigenvalue weighted by Crippen LogP contribution is -2.25. The zero-order valence-electron chi connectivity index (χ0n) is 10.7. The Labute approximate surface area is 116 Å². The Morgan fingerprint density at radius 3 is 2.15 bits per heavy atom. The van der Waals surface area contributed by atoms with Crippen LogP contribution >= 0.6 is 0 Å². The minimum atomic E-state index is -0.528. The SMILES string of the molecule is O=C(NCCc1ccc(O)cc1)c1c(O)cccc1O. The topological polar surface area (TPSA) is 89.8 Å². The highest BCUT2D eigenvalue weighted by atomic mass is 16.3. The van der Waals surface area contributed by atoms with Crippen LogP contribution in [0.5, 0.6) is 17.2 Å². The van der Waals surface area contributed by atoms with Crippen molar-refractivity contribution in [3.8, 4) is 17.2 Å².